The maximum atomic E-state index is 11.2. The molecule has 3 N–H and O–H groups in total. The molecule has 0 spiro atoms. The molecule has 1 saturated heterocycles. The van der Waals surface area contributed by atoms with Gasteiger partial charge in [-0.3, -0.25) is 4.79 Å². The second-order valence-corrected chi connectivity index (χ2v) is 4.53. The van der Waals surface area contributed by atoms with Gasteiger partial charge in [0.15, 0.2) is 0 Å². The van der Waals surface area contributed by atoms with Crippen molar-refractivity contribution in [1.82, 2.24) is 10.2 Å². The van der Waals surface area contributed by atoms with Crippen molar-refractivity contribution in [3.05, 3.63) is 0 Å². The Kier molecular flexibility index (Phi) is 4.58. The van der Waals surface area contributed by atoms with Crippen molar-refractivity contribution >= 4 is 11.9 Å². The van der Waals surface area contributed by atoms with E-state index in [-0.39, 0.29) is 11.9 Å². The molecule has 0 aromatic rings. The summed E-state index contributed by atoms with van der Waals surface area (Å²) in [6, 6.07) is -0.341. The van der Waals surface area contributed by atoms with Crippen LogP contribution in [0.1, 0.15) is 33.1 Å². The van der Waals surface area contributed by atoms with Gasteiger partial charge in [-0.05, 0) is 18.8 Å². The zero-order valence-corrected chi connectivity index (χ0v) is 10.0. The molecule has 0 aromatic carbocycles. The van der Waals surface area contributed by atoms with Crippen LogP contribution in [0.3, 0.4) is 0 Å². The van der Waals surface area contributed by atoms with Crippen LogP contribution in [-0.4, -0.2) is 36.0 Å². The largest absolute Gasteiger partial charge is 0.352 e. The number of primary amides is 1. The number of rotatable bonds is 3. The number of nitrogens with one attached hydrogen (secondary N) is 1. The number of carbonyl (C=O) groups is 2. The molecule has 2 unspecified atom stereocenters. The Labute approximate surface area is 96.4 Å². The summed E-state index contributed by atoms with van der Waals surface area (Å²) >= 11 is 0. The first-order valence-corrected chi connectivity index (χ1v) is 5.84. The van der Waals surface area contributed by atoms with E-state index in [1.807, 2.05) is 0 Å². The van der Waals surface area contributed by atoms with Gasteiger partial charge in [0.25, 0.3) is 0 Å². The maximum absolute atomic E-state index is 11.2. The van der Waals surface area contributed by atoms with E-state index in [1.165, 1.54) is 6.92 Å². The van der Waals surface area contributed by atoms with Crippen LogP contribution in [0, 0.1) is 5.92 Å². The van der Waals surface area contributed by atoms with Crippen LogP contribution in [0.4, 0.5) is 4.79 Å². The van der Waals surface area contributed by atoms with E-state index in [9.17, 15) is 9.59 Å². The molecule has 5 nitrogen and oxygen atoms in total. The molecular formula is C11H21N3O2. The lowest BCUT2D eigenvalue weighted by Gasteiger charge is -2.37. The molecule has 1 rings (SSSR count). The highest BCUT2D eigenvalue weighted by Crippen LogP contribution is 2.21. The van der Waals surface area contributed by atoms with E-state index in [0.29, 0.717) is 12.5 Å². The van der Waals surface area contributed by atoms with Crippen molar-refractivity contribution < 1.29 is 9.59 Å². The lowest BCUT2D eigenvalue weighted by atomic mass is 9.90. The molecule has 3 amide bonds. The van der Waals surface area contributed by atoms with Crippen LogP contribution in [0.2, 0.25) is 0 Å². The number of likely N-dealkylation sites (tertiary alicyclic amines) is 1. The normalized spacial score (nSPS) is 25.2. The Morgan fingerprint density at radius 3 is 2.62 bits per heavy atom. The van der Waals surface area contributed by atoms with E-state index >= 15 is 0 Å². The van der Waals surface area contributed by atoms with Crippen LogP contribution in [0.25, 0.3) is 0 Å². The summed E-state index contributed by atoms with van der Waals surface area (Å²) in [5.74, 6) is 0.398. The van der Waals surface area contributed by atoms with Crippen molar-refractivity contribution in [3.8, 4) is 0 Å². The summed E-state index contributed by atoms with van der Waals surface area (Å²) in [6.07, 6.45) is 3.10. The minimum Gasteiger partial charge on any atom is -0.352 e. The average molecular weight is 227 g/mol. The van der Waals surface area contributed by atoms with Gasteiger partial charge in [-0.1, -0.05) is 13.3 Å². The van der Waals surface area contributed by atoms with E-state index in [2.05, 4.69) is 12.2 Å². The molecule has 1 aliphatic rings. The third-order valence-electron chi connectivity index (χ3n) is 2.95. The van der Waals surface area contributed by atoms with Crippen molar-refractivity contribution in [1.29, 1.82) is 0 Å². The molecular weight excluding hydrogens is 206 g/mol. The number of hydrogen-bond acceptors (Lipinski definition) is 2. The van der Waals surface area contributed by atoms with Gasteiger partial charge in [-0.2, -0.15) is 0 Å². The first kappa shape index (κ1) is 12.8. The molecule has 5 heteroatoms. The van der Waals surface area contributed by atoms with Gasteiger partial charge < -0.3 is 16.0 Å². The number of nitrogens with two attached hydrogens (primary N) is 1. The molecule has 0 bridgehead atoms. The van der Waals surface area contributed by atoms with E-state index in [0.717, 1.165) is 25.8 Å². The minimum absolute atomic E-state index is 0.0495. The van der Waals surface area contributed by atoms with Crippen molar-refractivity contribution in [3.63, 3.8) is 0 Å². The molecule has 16 heavy (non-hydrogen) atoms. The third-order valence-corrected chi connectivity index (χ3v) is 2.95. The van der Waals surface area contributed by atoms with Crippen molar-refractivity contribution in [2.24, 2.45) is 11.7 Å². The molecule has 0 aliphatic carbocycles. The van der Waals surface area contributed by atoms with Crippen LogP contribution in [0.5, 0.6) is 0 Å². The van der Waals surface area contributed by atoms with Gasteiger partial charge in [-0.25, -0.2) is 4.79 Å². The number of hydrogen-bond donors (Lipinski definition) is 2. The third kappa shape index (κ3) is 3.72. The second-order valence-electron chi connectivity index (χ2n) is 4.53. The van der Waals surface area contributed by atoms with E-state index < -0.39 is 6.03 Å². The first-order valence-electron chi connectivity index (χ1n) is 5.84. The minimum atomic E-state index is -0.392. The number of nitrogens with zero attached hydrogens (tertiary/aromatic N) is 1. The van der Waals surface area contributed by atoms with Crippen LogP contribution in [0.15, 0.2) is 0 Å². The fourth-order valence-electron chi connectivity index (χ4n) is 2.39. The fourth-order valence-corrected chi connectivity index (χ4v) is 2.39. The van der Waals surface area contributed by atoms with E-state index in [1.54, 1.807) is 4.90 Å². The molecule has 1 heterocycles. The van der Waals surface area contributed by atoms with Gasteiger partial charge in [-0.15, -0.1) is 0 Å². The van der Waals surface area contributed by atoms with Gasteiger partial charge in [0, 0.05) is 26.1 Å². The average Bonchev–Trinajstić information content (AvgIpc) is 2.16. The SMILES string of the molecule is CCCC1CC(NC(C)=O)CN(C(N)=O)C1. The quantitative estimate of drug-likeness (QED) is 0.744. The van der Waals surface area contributed by atoms with E-state index in [4.69, 9.17) is 5.73 Å². The van der Waals surface area contributed by atoms with Gasteiger partial charge in [0.05, 0.1) is 0 Å². The highest BCUT2D eigenvalue weighted by atomic mass is 16.2. The summed E-state index contributed by atoms with van der Waals surface area (Å²) in [4.78, 5) is 23.8. The Hall–Kier alpha value is -1.26. The molecule has 2 atom stereocenters. The highest BCUT2D eigenvalue weighted by Gasteiger charge is 2.28. The van der Waals surface area contributed by atoms with Crippen molar-refractivity contribution in [2.45, 2.75) is 39.2 Å². The zero-order chi connectivity index (χ0) is 12.1. The monoisotopic (exact) mass is 227 g/mol. The Morgan fingerprint density at radius 2 is 2.12 bits per heavy atom. The predicted octanol–water partition coefficient (Wildman–Crippen LogP) is 0.692. The van der Waals surface area contributed by atoms with Gasteiger partial charge in [0.2, 0.25) is 5.91 Å². The number of amides is 3. The lowest BCUT2D eigenvalue weighted by molar-refractivity contribution is -0.120. The Morgan fingerprint density at radius 1 is 1.44 bits per heavy atom. The predicted molar refractivity (Wildman–Crippen MR) is 61.8 cm³/mol. The molecule has 0 aromatic heterocycles. The van der Waals surface area contributed by atoms with Crippen molar-refractivity contribution in [2.75, 3.05) is 13.1 Å². The lowest BCUT2D eigenvalue weighted by Crippen LogP contribution is -2.53. The summed E-state index contributed by atoms with van der Waals surface area (Å²) in [7, 11) is 0. The molecule has 1 fully saturated rings. The zero-order valence-electron chi connectivity index (χ0n) is 10.0. The smallest absolute Gasteiger partial charge is 0.314 e. The fraction of sp³-hybridized carbons (Fsp3) is 0.818. The number of piperidine rings is 1. The highest BCUT2D eigenvalue weighted by molar-refractivity contribution is 5.74. The summed E-state index contributed by atoms with van der Waals surface area (Å²) < 4.78 is 0. The number of carbonyl (C=O) groups excluding carboxylic acids is 2. The summed E-state index contributed by atoms with van der Waals surface area (Å²) in [6.45, 7) is 4.88. The van der Waals surface area contributed by atoms with Gasteiger partial charge in [0.1, 0.15) is 0 Å². The standard InChI is InChI=1S/C11H21N3O2/c1-3-4-9-5-10(13-8(2)15)7-14(6-9)11(12)16/h9-10H,3-7H2,1-2H3,(H2,12,16)(H,13,15). The molecule has 0 radical (unpaired) electrons. The number of urea groups is 1. The molecule has 1 aliphatic heterocycles. The maximum Gasteiger partial charge on any atom is 0.314 e. The Bertz CT molecular complexity index is 268. The van der Waals surface area contributed by atoms with Crippen LogP contribution >= 0.6 is 0 Å². The topological polar surface area (TPSA) is 75.4 Å². The van der Waals surface area contributed by atoms with Crippen LogP contribution in [-0.2, 0) is 4.79 Å². The molecule has 0 saturated carbocycles. The summed E-state index contributed by atoms with van der Waals surface area (Å²) in [5, 5.41) is 2.87. The van der Waals surface area contributed by atoms with Gasteiger partial charge >= 0.3 is 6.03 Å². The van der Waals surface area contributed by atoms with Crippen LogP contribution < -0.4 is 11.1 Å². The Balaban J connectivity index is 2.58. The summed E-state index contributed by atoms with van der Waals surface area (Å²) in [5.41, 5.74) is 5.29. The first-order chi connectivity index (χ1) is 7.52. The molecule has 92 valence electrons. The second kappa shape index (κ2) is 5.72.